The van der Waals surface area contributed by atoms with Gasteiger partial charge in [0.2, 0.25) is 0 Å². The third-order valence-corrected chi connectivity index (χ3v) is 4.86. The molecular weight excluding hydrogens is 344 g/mol. The number of ketones is 1. The van der Waals surface area contributed by atoms with Crippen molar-refractivity contribution in [3.05, 3.63) is 59.7 Å². The van der Waals surface area contributed by atoms with E-state index in [2.05, 4.69) is 17.4 Å². The zero-order valence-electron chi connectivity index (χ0n) is 15.4. The maximum absolute atomic E-state index is 12.1. The molecule has 2 aromatic carbocycles. The number of hydrogen-bond donors (Lipinski definition) is 3. The SMILES string of the molecule is CC(C)C(=O)[C@H](CNC(=O)OCC1c2ccccc2-c2ccccc21)NO. The molecule has 3 N–H and O–H groups in total. The fourth-order valence-electron chi connectivity index (χ4n) is 3.45. The fourth-order valence-corrected chi connectivity index (χ4v) is 3.45. The number of alkyl carbamates (subject to hydrolysis) is 1. The molecule has 142 valence electrons. The van der Waals surface area contributed by atoms with E-state index in [-0.39, 0.29) is 30.8 Å². The molecule has 0 saturated heterocycles. The van der Waals surface area contributed by atoms with Gasteiger partial charge in [-0.25, -0.2) is 4.79 Å². The van der Waals surface area contributed by atoms with E-state index in [9.17, 15) is 9.59 Å². The predicted octanol–water partition coefficient (Wildman–Crippen LogP) is 3.10. The molecule has 0 spiro atoms. The van der Waals surface area contributed by atoms with Crippen molar-refractivity contribution in [3.8, 4) is 11.1 Å². The van der Waals surface area contributed by atoms with Crippen LogP contribution in [0.25, 0.3) is 11.1 Å². The van der Waals surface area contributed by atoms with Gasteiger partial charge < -0.3 is 15.3 Å². The summed E-state index contributed by atoms with van der Waals surface area (Å²) in [6.07, 6.45) is -0.617. The van der Waals surface area contributed by atoms with E-state index in [0.717, 1.165) is 22.3 Å². The molecule has 0 heterocycles. The van der Waals surface area contributed by atoms with Gasteiger partial charge in [0.1, 0.15) is 12.6 Å². The van der Waals surface area contributed by atoms with E-state index < -0.39 is 12.1 Å². The summed E-state index contributed by atoms with van der Waals surface area (Å²) in [7, 11) is 0. The van der Waals surface area contributed by atoms with Crippen LogP contribution in [0.5, 0.6) is 0 Å². The van der Waals surface area contributed by atoms with E-state index in [1.165, 1.54) is 0 Å². The fraction of sp³-hybridized carbons (Fsp3) is 0.333. The van der Waals surface area contributed by atoms with E-state index in [1.807, 2.05) is 41.9 Å². The Morgan fingerprint density at radius 3 is 2.11 bits per heavy atom. The topological polar surface area (TPSA) is 87.7 Å². The minimum absolute atomic E-state index is 0.0211. The van der Waals surface area contributed by atoms with Gasteiger partial charge in [0, 0.05) is 18.4 Å². The van der Waals surface area contributed by atoms with Gasteiger partial charge >= 0.3 is 6.09 Å². The van der Waals surface area contributed by atoms with E-state index >= 15 is 0 Å². The lowest BCUT2D eigenvalue weighted by Gasteiger charge is -2.18. The molecule has 0 aromatic heterocycles. The van der Waals surface area contributed by atoms with Crippen LogP contribution in [0.4, 0.5) is 4.79 Å². The number of ether oxygens (including phenoxy) is 1. The normalized spacial score (nSPS) is 13.8. The summed E-state index contributed by atoms with van der Waals surface area (Å²) in [5, 5.41) is 11.7. The molecule has 2 aromatic rings. The molecule has 1 aliphatic rings. The van der Waals surface area contributed by atoms with Crippen molar-refractivity contribution in [1.82, 2.24) is 10.8 Å². The Kier molecular flexibility index (Phi) is 5.88. The van der Waals surface area contributed by atoms with Crippen LogP contribution in [-0.4, -0.2) is 36.3 Å². The van der Waals surface area contributed by atoms with Gasteiger partial charge in [0.25, 0.3) is 0 Å². The number of amides is 1. The zero-order chi connectivity index (χ0) is 19.4. The summed E-state index contributed by atoms with van der Waals surface area (Å²) in [5.41, 5.74) is 6.54. The van der Waals surface area contributed by atoms with Gasteiger partial charge in [0.05, 0.1) is 0 Å². The van der Waals surface area contributed by atoms with Crippen molar-refractivity contribution >= 4 is 11.9 Å². The van der Waals surface area contributed by atoms with Gasteiger partial charge in [-0.3, -0.25) is 4.79 Å². The smallest absolute Gasteiger partial charge is 0.407 e. The highest BCUT2D eigenvalue weighted by Crippen LogP contribution is 2.44. The molecule has 0 bridgehead atoms. The standard InChI is InChI=1S/C21H24N2O4/c1-13(2)20(24)19(23-26)11-22-21(25)27-12-18-16-9-5-3-7-14(16)15-8-4-6-10-17(15)18/h3-10,13,18-19,23,26H,11-12H2,1-2H3,(H,22,25)/t19-/m0/s1. The Labute approximate surface area is 158 Å². The zero-order valence-corrected chi connectivity index (χ0v) is 15.4. The molecule has 0 radical (unpaired) electrons. The lowest BCUT2D eigenvalue weighted by atomic mass is 9.98. The van der Waals surface area contributed by atoms with E-state index in [0.29, 0.717) is 0 Å². The van der Waals surface area contributed by atoms with Gasteiger partial charge in [-0.15, -0.1) is 0 Å². The van der Waals surface area contributed by atoms with Crippen LogP contribution >= 0.6 is 0 Å². The third-order valence-electron chi connectivity index (χ3n) is 4.86. The van der Waals surface area contributed by atoms with Crippen molar-refractivity contribution in [2.24, 2.45) is 5.92 Å². The first kappa shape index (κ1) is 19.1. The maximum atomic E-state index is 12.1. The first-order valence-electron chi connectivity index (χ1n) is 9.05. The number of carbonyl (C=O) groups excluding carboxylic acids is 2. The predicted molar refractivity (Wildman–Crippen MR) is 102 cm³/mol. The van der Waals surface area contributed by atoms with Gasteiger partial charge in [-0.2, -0.15) is 5.48 Å². The van der Waals surface area contributed by atoms with Crippen LogP contribution in [-0.2, 0) is 9.53 Å². The molecule has 1 aliphatic carbocycles. The summed E-state index contributed by atoms with van der Waals surface area (Å²) < 4.78 is 5.40. The monoisotopic (exact) mass is 368 g/mol. The number of hydrogen-bond acceptors (Lipinski definition) is 5. The minimum Gasteiger partial charge on any atom is -0.449 e. The summed E-state index contributed by atoms with van der Waals surface area (Å²) in [5.74, 6) is -0.456. The molecule has 6 heteroatoms. The second kappa shape index (κ2) is 8.33. The Balaban J connectivity index is 1.62. The van der Waals surface area contributed by atoms with E-state index in [1.54, 1.807) is 13.8 Å². The minimum atomic E-state index is -0.856. The summed E-state index contributed by atoms with van der Waals surface area (Å²) in [6, 6.07) is 15.3. The molecule has 0 saturated carbocycles. The lowest BCUT2D eigenvalue weighted by Crippen LogP contribution is -2.46. The number of nitrogens with one attached hydrogen (secondary N) is 2. The van der Waals surface area contributed by atoms with E-state index in [4.69, 9.17) is 9.94 Å². The third kappa shape index (κ3) is 4.02. The van der Waals surface area contributed by atoms with Crippen molar-refractivity contribution < 1.29 is 19.5 Å². The number of fused-ring (bicyclic) bond motifs is 3. The number of rotatable bonds is 7. The molecule has 0 unspecified atom stereocenters. The average Bonchev–Trinajstić information content (AvgIpc) is 3.00. The van der Waals surface area contributed by atoms with Crippen LogP contribution in [0.15, 0.2) is 48.5 Å². The van der Waals surface area contributed by atoms with Gasteiger partial charge in [0.15, 0.2) is 5.78 Å². The van der Waals surface area contributed by atoms with Crippen LogP contribution in [0, 0.1) is 5.92 Å². The van der Waals surface area contributed by atoms with Crippen LogP contribution in [0.3, 0.4) is 0 Å². The van der Waals surface area contributed by atoms with Crippen molar-refractivity contribution in [3.63, 3.8) is 0 Å². The molecule has 1 atom stereocenters. The number of benzene rings is 2. The molecule has 6 nitrogen and oxygen atoms in total. The second-order valence-electron chi connectivity index (χ2n) is 6.95. The molecule has 0 fully saturated rings. The average molecular weight is 368 g/mol. The summed E-state index contributed by atoms with van der Waals surface area (Å²) in [6.45, 7) is 3.64. The van der Waals surface area contributed by atoms with Crippen molar-refractivity contribution in [2.45, 2.75) is 25.8 Å². The van der Waals surface area contributed by atoms with Gasteiger partial charge in [-0.1, -0.05) is 62.4 Å². The number of hydroxylamine groups is 1. The quantitative estimate of drug-likeness (QED) is 0.654. The summed E-state index contributed by atoms with van der Waals surface area (Å²) in [4.78, 5) is 24.0. The lowest BCUT2D eigenvalue weighted by molar-refractivity contribution is -0.126. The Morgan fingerprint density at radius 2 is 1.59 bits per heavy atom. The van der Waals surface area contributed by atoms with Crippen LogP contribution < -0.4 is 10.8 Å². The highest BCUT2D eigenvalue weighted by atomic mass is 16.5. The highest BCUT2D eigenvalue weighted by Gasteiger charge is 2.29. The van der Waals surface area contributed by atoms with Gasteiger partial charge in [-0.05, 0) is 22.3 Å². The summed E-state index contributed by atoms with van der Waals surface area (Å²) >= 11 is 0. The molecule has 1 amide bonds. The van der Waals surface area contributed by atoms with Crippen molar-refractivity contribution in [2.75, 3.05) is 13.2 Å². The molecular formula is C21H24N2O4. The first-order valence-corrected chi connectivity index (χ1v) is 9.05. The highest BCUT2D eigenvalue weighted by molar-refractivity contribution is 5.86. The second-order valence-corrected chi connectivity index (χ2v) is 6.95. The Bertz CT molecular complexity index is 789. The van der Waals surface area contributed by atoms with Crippen LogP contribution in [0.1, 0.15) is 30.9 Å². The number of Topliss-reactive ketones (excluding diaryl/α,β-unsaturated/α-hetero) is 1. The number of carbonyl (C=O) groups is 2. The Morgan fingerprint density at radius 1 is 1.04 bits per heavy atom. The molecule has 3 rings (SSSR count). The van der Waals surface area contributed by atoms with Crippen molar-refractivity contribution in [1.29, 1.82) is 0 Å². The largest absolute Gasteiger partial charge is 0.449 e. The maximum Gasteiger partial charge on any atom is 0.407 e. The molecule has 27 heavy (non-hydrogen) atoms. The Hall–Kier alpha value is -2.70. The first-order chi connectivity index (χ1) is 13.0. The van der Waals surface area contributed by atoms with Crippen LogP contribution in [0.2, 0.25) is 0 Å². The molecule has 0 aliphatic heterocycles.